The number of esters is 1. The second-order valence-electron chi connectivity index (χ2n) is 8.93. The number of halogens is 4. The van der Waals surface area contributed by atoms with Crippen LogP contribution in [0.2, 0.25) is 0 Å². The molecule has 0 aliphatic carbocycles. The summed E-state index contributed by atoms with van der Waals surface area (Å²) >= 11 is 0. The van der Waals surface area contributed by atoms with Crippen LogP contribution in [0.5, 0.6) is 0 Å². The maximum atomic E-state index is 13.6. The maximum Gasteiger partial charge on any atom is 0.434 e. The van der Waals surface area contributed by atoms with Crippen molar-refractivity contribution < 1.29 is 27.1 Å². The molecule has 196 valence electrons. The van der Waals surface area contributed by atoms with E-state index in [9.17, 15) is 22.4 Å². The lowest BCUT2D eigenvalue weighted by Crippen LogP contribution is -2.53. The van der Waals surface area contributed by atoms with Crippen molar-refractivity contribution in [3.63, 3.8) is 0 Å². The Balaban J connectivity index is 1.53. The summed E-state index contributed by atoms with van der Waals surface area (Å²) in [6.45, 7) is 7.02. The highest BCUT2D eigenvalue weighted by molar-refractivity contribution is 5.90. The number of benzene rings is 1. The standard InChI is InChI=1S/C25H26F4N6O2/c1-14-13-34(22-16(3)15(2)20(32-33-22)11-17-5-7-18(26)8-6-17)9-10-35(14)24-30-12-19(23(36)37-4)21(31-24)25(27,28)29/h5-8,12,14H,9-11,13H2,1-4H3/t14-/m1/s1. The lowest BCUT2D eigenvalue weighted by atomic mass is 10.0. The van der Waals surface area contributed by atoms with Crippen molar-refractivity contribution in [2.45, 2.75) is 39.4 Å². The fourth-order valence-corrected chi connectivity index (χ4v) is 4.34. The van der Waals surface area contributed by atoms with Crippen molar-refractivity contribution in [3.05, 3.63) is 69.9 Å². The van der Waals surface area contributed by atoms with Gasteiger partial charge >= 0.3 is 12.1 Å². The zero-order valence-corrected chi connectivity index (χ0v) is 20.8. The molecule has 0 amide bonds. The molecule has 0 N–H and O–H groups in total. The highest BCUT2D eigenvalue weighted by Crippen LogP contribution is 2.33. The zero-order chi connectivity index (χ0) is 26.9. The molecule has 37 heavy (non-hydrogen) atoms. The van der Waals surface area contributed by atoms with Gasteiger partial charge in [-0.2, -0.15) is 18.3 Å². The van der Waals surface area contributed by atoms with Crippen LogP contribution in [-0.4, -0.2) is 58.9 Å². The van der Waals surface area contributed by atoms with Crippen molar-refractivity contribution in [2.75, 3.05) is 36.5 Å². The predicted octanol–water partition coefficient (Wildman–Crippen LogP) is 4.13. The minimum absolute atomic E-state index is 0.110. The van der Waals surface area contributed by atoms with Gasteiger partial charge in [0, 0.05) is 38.3 Å². The Morgan fingerprint density at radius 2 is 1.81 bits per heavy atom. The molecule has 1 saturated heterocycles. The first kappa shape index (κ1) is 26.2. The lowest BCUT2D eigenvalue weighted by molar-refractivity contribution is -0.141. The molecule has 1 aliphatic rings. The van der Waals surface area contributed by atoms with Crippen molar-refractivity contribution in [2.24, 2.45) is 0 Å². The SMILES string of the molecule is COC(=O)c1cnc(N2CCN(c3nnc(Cc4ccc(F)cc4)c(C)c3C)C[C@H]2C)nc1C(F)(F)F. The Morgan fingerprint density at radius 3 is 2.43 bits per heavy atom. The van der Waals surface area contributed by atoms with Crippen LogP contribution in [-0.2, 0) is 17.3 Å². The van der Waals surface area contributed by atoms with E-state index in [1.807, 2.05) is 25.7 Å². The Hall–Kier alpha value is -3.83. The molecule has 0 spiro atoms. The molecule has 0 saturated carbocycles. The van der Waals surface area contributed by atoms with Crippen LogP contribution in [0.3, 0.4) is 0 Å². The van der Waals surface area contributed by atoms with E-state index >= 15 is 0 Å². The summed E-state index contributed by atoms with van der Waals surface area (Å²) in [5.41, 5.74) is 1.58. The number of hydrogen-bond donors (Lipinski definition) is 0. The van der Waals surface area contributed by atoms with E-state index in [0.717, 1.165) is 35.7 Å². The molecule has 3 aromatic rings. The van der Waals surface area contributed by atoms with E-state index in [2.05, 4.69) is 24.9 Å². The number of hydrogen-bond acceptors (Lipinski definition) is 8. The third-order valence-electron chi connectivity index (χ3n) is 6.51. The molecule has 2 aromatic heterocycles. The normalized spacial score (nSPS) is 16.2. The first-order valence-electron chi connectivity index (χ1n) is 11.6. The van der Waals surface area contributed by atoms with E-state index in [0.29, 0.717) is 31.9 Å². The molecule has 8 nitrogen and oxygen atoms in total. The molecule has 0 radical (unpaired) electrons. The van der Waals surface area contributed by atoms with Gasteiger partial charge < -0.3 is 14.5 Å². The molecule has 1 aliphatic heterocycles. The quantitative estimate of drug-likeness (QED) is 0.368. The summed E-state index contributed by atoms with van der Waals surface area (Å²) in [5.74, 6) is -0.861. The minimum atomic E-state index is -4.84. The van der Waals surface area contributed by atoms with Crippen LogP contribution in [0.1, 0.15) is 45.4 Å². The van der Waals surface area contributed by atoms with Crippen molar-refractivity contribution in [1.29, 1.82) is 0 Å². The average Bonchev–Trinajstić information content (AvgIpc) is 2.87. The number of anilines is 2. The molecule has 1 fully saturated rings. The first-order valence-corrected chi connectivity index (χ1v) is 11.6. The predicted molar refractivity (Wildman–Crippen MR) is 128 cm³/mol. The van der Waals surface area contributed by atoms with Crippen molar-refractivity contribution >= 4 is 17.7 Å². The van der Waals surface area contributed by atoms with Crippen molar-refractivity contribution in [1.82, 2.24) is 20.2 Å². The highest BCUT2D eigenvalue weighted by Gasteiger charge is 2.39. The summed E-state index contributed by atoms with van der Waals surface area (Å²) in [4.78, 5) is 23.2. The Kier molecular flexibility index (Phi) is 7.28. The van der Waals surface area contributed by atoms with Gasteiger partial charge in [-0.25, -0.2) is 19.2 Å². The lowest BCUT2D eigenvalue weighted by Gasteiger charge is -2.41. The number of ether oxygens (including phenoxy) is 1. The van der Waals surface area contributed by atoms with Crippen molar-refractivity contribution in [3.8, 4) is 0 Å². The Bertz CT molecular complexity index is 1300. The Labute approximate surface area is 211 Å². The smallest absolute Gasteiger partial charge is 0.434 e. The molecule has 0 bridgehead atoms. The topological polar surface area (TPSA) is 84.3 Å². The maximum absolute atomic E-state index is 13.6. The number of alkyl halides is 3. The number of rotatable bonds is 5. The fraction of sp³-hybridized carbons (Fsp3) is 0.400. The number of nitrogens with zero attached hydrogens (tertiary/aromatic N) is 6. The highest BCUT2D eigenvalue weighted by atomic mass is 19.4. The van der Waals surface area contributed by atoms with Gasteiger partial charge in [-0.15, -0.1) is 5.10 Å². The molecular weight excluding hydrogens is 492 g/mol. The number of aromatic nitrogens is 4. The van der Waals surface area contributed by atoms with Gasteiger partial charge in [0.15, 0.2) is 11.5 Å². The van der Waals surface area contributed by atoms with Crippen LogP contribution < -0.4 is 9.80 Å². The van der Waals surface area contributed by atoms with Gasteiger partial charge in [0.05, 0.1) is 12.8 Å². The van der Waals surface area contributed by atoms with Crippen LogP contribution in [0.15, 0.2) is 30.5 Å². The number of methoxy groups -OCH3 is 1. The minimum Gasteiger partial charge on any atom is -0.465 e. The average molecular weight is 519 g/mol. The van der Waals surface area contributed by atoms with Gasteiger partial charge in [0.25, 0.3) is 0 Å². The van der Waals surface area contributed by atoms with Crippen LogP contribution in [0.25, 0.3) is 0 Å². The monoisotopic (exact) mass is 518 g/mol. The number of carbonyl (C=O) groups excluding carboxylic acids is 1. The molecule has 12 heteroatoms. The molecule has 1 atom stereocenters. The largest absolute Gasteiger partial charge is 0.465 e. The third-order valence-corrected chi connectivity index (χ3v) is 6.51. The van der Waals surface area contributed by atoms with Crippen LogP contribution in [0.4, 0.5) is 29.3 Å². The summed E-state index contributed by atoms with van der Waals surface area (Å²) in [6, 6.07) is 5.99. The van der Waals surface area contributed by atoms with E-state index in [1.54, 1.807) is 17.0 Å². The molecule has 3 heterocycles. The van der Waals surface area contributed by atoms with Gasteiger partial charge in [0.1, 0.15) is 11.4 Å². The van der Waals surface area contributed by atoms with Gasteiger partial charge in [-0.3, -0.25) is 0 Å². The second kappa shape index (κ2) is 10.3. The van der Waals surface area contributed by atoms with E-state index in [-0.39, 0.29) is 17.8 Å². The first-order chi connectivity index (χ1) is 17.5. The molecule has 1 aromatic carbocycles. The fourth-order valence-electron chi connectivity index (χ4n) is 4.34. The van der Waals surface area contributed by atoms with Gasteiger partial charge in [-0.05, 0) is 49.6 Å². The number of piperazine rings is 1. The summed E-state index contributed by atoms with van der Waals surface area (Å²) in [5, 5.41) is 8.86. The third kappa shape index (κ3) is 5.47. The Morgan fingerprint density at radius 1 is 1.11 bits per heavy atom. The molecular formula is C25H26F4N6O2. The van der Waals surface area contributed by atoms with E-state index in [1.165, 1.54) is 12.1 Å². The molecule has 4 rings (SSSR count). The van der Waals surface area contributed by atoms with E-state index in [4.69, 9.17) is 0 Å². The second-order valence-corrected chi connectivity index (χ2v) is 8.93. The van der Waals surface area contributed by atoms with Gasteiger partial charge in [0.2, 0.25) is 5.95 Å². The van der Waals surface area contributed by atoms with E-state index < -0.39 is 23.4 Å². The van der Waals surface area contributed by atoms with Crippen LogP contribution in [0, 0.1) is 19.7 Å². The van der Waals surface area contributed by atoms with Crippen LogP contribution >= 0.6 is 0 Å². The summed E-state index contributed by atoms with van der Waals surface area (Å²) in [6.07, 6.45) is -3.47. The van der Waals surface area contributed by atoms with Gasteiger partial charge in [-0.1, -0.05) is 12.1 Å². The number of carbonyl (C=O) groups is 1. The summed E-state index contributed by atoms with van der Waals surface area (Å²) < 4.78 is 58.4. The summed E-state index contributed by atoms with van der Waals surface area (Å²) in [7, 11) is 1.000. The zero-order valence-electron chi connectivity index (χ0n) is 20.8. The molecule has 0 unspecified atom stereocenters.